The number of anilines is 1. The van der Waals surface area contributed by atoms with E-state index in [4.69, 9.17) is 33.0 Å². The van der Waals surface area contributed by atoms with Crippen LogP contribution in [0.1, 0.15) is 15.9 Å². The number of carbonyl (C=O) groups is 1. The lowest BCUT2D eigenvalue weighted by molar-refractivity contribution is 0.0697. The van der Waals surface area contributed by atoms with Crippen LogP contribution in [0.4, 0.5) is 5.69 Å². The lowest BCUT2D eigenvalue weighted by Crippen LogP contribution is -2.04. The molecule has 0 aliphatic carbocycles. The van der Waals surface area contributed by atoms with Gasteiger partial charge in [0.25, 0.3) is 0 Å². The van der Waals surface area contributed by atoms with Gasteiger partial charge in [-0.3, -0.25) is 0 Å². The summed E-state index contributed by atoms with van der Waals surface area (Å²) in [5, 5.41) is 13.1. The normalized spacial score (nSPS) is 10.2. The average Bonchev–Trinajstić information content (AvgIpc) is 2.48. The van der Waals surface area contributed by atoms with Crippen LogP contribution in [0.15, 0.2) is 36.4 Å². The number of methoxy groups -OCH3 is 1. The second-order valence-electron chi connectivity index (χ2n) is 4.32. The van der Waals surface area contributed by atoms with Crippen molar-refractivity contribution in [1.29, 1.82) is 0 Å². The van der Waals surface area contributed by atoms with Crippen molar-refractivity contribution in [1.82, 2.24) is 0 Å². The van der Waals surface area contributed by atoms with Gasteiger partial charge in [-0.05, 0) is 35.9 Å². The molecule has 0 aromatic heterocycles. The van der Waals surface area contributed by atoms with Crippen molar-refractivity contribution < 1.29 is 14.6 Å². The molecule has 2 aromatic rings. The number of hydrogen-bond donors (Lipinski definition) is 2. The molecule has 21 heavy (non-hydrogen) atoms. The molecular formula is C15H13Cl2NO3. The van der Waals surface area contributed by atoms with Crippen LogP contribution in [0.2, 0.25) is 10.0 Å². The van der Waals surface area contributed by atoms with Gasteiger partial charge in [-0.2, -0.15) is 0 Å². The van der Waals surface area contributed by atoms with Gasteiger partial charge in [0.2, 0.25) is 0 Å². The summed E-state index contributed by atoms with van der Waals surface area (Å²) in [4.78, 5) is 11.0. The number of rotatable bonds is 5. The van der Waals surface area contributed by atoms with Gasteiger partial charge in [-0.1, -0.05) is 29.3 Å². The quantitative estimate of drug-likeness (QED) is 0.859. The summed E-state index contributed by atoms with van der Waals surface area (Å²) in [5.74, 6) is -0.421. The molecule has 0 unspecified atom stereocenters. The van der Waals surface area contributed by atoms with Crippen molar-refractivity contribution in [2.24, 2.45) is 0 Å². The molecule has 0 fully saturated rings. The Morgan fingerprint density at radius 2 is 1.95 bits per heavy atom. The maximum Gasteiger partial charge on any atom is 0.335 e. The molecule has 0 aliphatic heterocycles. The molecule has 0 saturated carbocycles. The molecule has 0 atom stereocenters. The number of carboxylic acid groups (broad SMARTS) is 1. The third-order valence-electron chi connectivity index (χ3n) is 2.91. The van der Waals surface area contributed by atoms with Crippen LogP contribution < -0.4 is 10.1 Å². The lowest BCUT2D eigenvalue weighted by atomic mass is 10.1. The molecule has 0 aliphatic rings. The van der Waals surface area contributed by atoms with Gasteiger partial charge in [-0.25, -0.2) is 4.79 Å². The lowest BCUT2D eigenvalue weighted by Gasteiger charge is -2.12. The summed E-state index contributed by atoms with van der Waals surface area (Å²) in [6.07, 6.45) is 0. The molecule has 0 heterocycles. The van der Waals surface area contributed by atoms with E-state index in [0.717, 1.165) is 5.56 Å². The minimum Gasteiger partial charge on any atom is -0.495 e. The first-order valence-electron chi connectivity index (χ1n) is 6.10. The molecule has 2 aromatic carbocycles. The van der Waals surface area contributed by atoms with Crippen molar-refractivity contribution in [3.8, 4) is 5.75 Å². The molecular weight excluding hydrogens is 313 g/mol. The molecule has 110 valence electrons. The van der Waals surface area contributed by atoms with E-state index in [1.54, 1.807) is 18.2 Å². The highest BCUT2D eigenvalue weighted by Crippen LogP contribution is 2.27. The molecule has 6 heteroatoms. The van der Waals surface area contributed by atoms with Crippen molar-refractivity contribution in [2.75, 3.05) is 12.4 Å². The van der Waals surface area contributed by atoms with E-state index in [-0.39, 0.29) is 5.56 Å². The Morgan fingerprint density at radius 1 is 1.19 bits per heavy atom. The van der Waals surface area contributed by atoms with E-state index >= 15 is 0 Å². The van der Waals surface area contributed by atoms with Crippen molar-refractivity contribution in [3.63, 3.8) is 0 Å². The van der Waals surface area contributed by atoms with Crippen LogP contribution in [-0.4, -0.2) is 18.2 Å². The van der Waals surface area contributed by atoms with E-state index in [1.165, 1.54) is 19.2 Å². The predicted octanol–water partition coefficient (Wildman–Crippen LogP) is 4.31. The second kappa shape index (κ2) is 6.70. The topological polar surface area (TPSA) is 58.6 Å². The standard InChI is InChI=1S/C15H13Cl2NO3/c1-21-14-5-3-10(15(19)20)7-13(14)18-8-9-2-4-11(16)12(17)6-9/h2-7,18H,8H2,1H3,(H,19,20). The first kappa shape index (κ1) is 15.5. The van der Waals surface area contributed by atoms with Crippen LogP contribution >= 0.6 is 23.2 Å². The summed E-state index contributed by atoms with van der Waals surface area (Å²) in [7, 11) is 1.53. The molecule has 0 amide bonds. The Morgan fingerprint density at radius 3 is 2.57 bits per heavy atom. The molecule has 0 spiro atoms. The Bertz CT molecular complexity index is 674. The van der Waals surface area contributed by atoms with Gasteiger partial charge < -0.3 is 15.2 Å². The van der Waals surface area contributed by atoms with E-state index in [1.807, 2.05) is 6.07 Å². The molecule has 0 saturated heterocycles. The van der Waals surface area contributed by atoms with Gasteiger partial charge in [0, 0.05) is 6.54 Å². The minimum absolute atomic E-state index is 0.187. The molecule has 2 rings (SSSR count). The summed E-state index contributed by atoms with van der Waals surface area (Å²) in [6.45, 7) is 0.469. The number of hydrogen-bond acceptors (Lipinski definition) is 3. The van der Waals surface area contributed by atoms with Crippen LogP contribution in [0.3, 0.4) is 0 Å². The highest BCUT2D eigenvalue weighted by molar-refractivity contribution is 6.42. The Hall–Kier alpha value is -1.91. The van der Waals surface area contributed by atoms with Crippen LogP contribution in [0.25, 0.3) is 0 Å². The average molecular weight is 326 g/mol. The zero-order chi connectivity index (χ0) is 15.4. The summed E-state index contributed by atoms with van der Waals surface area (Å²) < 4.78 is 5.21. The third-order valence-corrected chi connectivity index (χ3v) is 3.65. The summed E-state index contributed by atoms with van der Waals surface area (Å²) in [6, 6.07) is 9.94. The third kappa shape index (κ3) is 3.80. The Kier molecular flexibility index (Phi) is 4.94. The van der Waals surface area contributed by atoms with Crippen molar-refractivity contribution in [3.05, 3.63) is 57.6 Å². The number of nitrogens with one attached hydrogen (secondary N) is 1. The zero-order valence-electron chi connectivity index (χ0n) is 11.2. The highest BCUT2D eigenvalue weighted by Gasteiger charge is 2.09. The summed E-state index contributed by atoms with van der Waals surface area (Å²) in [5.41, 5.74) is 1.71. The van der Waals surface area contributed by atoms with Gasteiger partial charge in [0.1, 0.15) is 5.75 Å². The second-order valence-corrected chi connectivity index (χ2v) is 5.14. The smallest absolute Gasteiger partial charge is 0.335 e. The molecule has 4 nitrogen and oxygen atoms in total. The fourth-order valence-electron chi connectivity index (χ4n) is 1.83. The van der Waals surface area contributed by atoms with Gasteiger partial charge in [-0.15, -0.1) is 0 Å². The molecule has 0 bridgehead atoms. The number of halogens is 2. The fourth-order valence-corrected chi connectivity index (χ4v) is 2.15. The van der Waals surface area contributed by atoms with Gasteiger partial charge in [0.15, 0.2) is 0 Å². The van der Waals surface area contributed by atoms with Crippen LogP contribution in [0, 0.1) is 0 Å². The van der Waals surface area contributed by atoms with Gasteiger partial charge >= 0.3 is 5.97 Å². The minimum atomic E-state index is -0.991. The predicted molar refractivity (Wildman–Crippen MR) is 83.7 cm³/mol. The Balaban J connectivity index is 2.19. The maximum absolute atomic E-state index is 11.0. The van der Waals surface area contributed by atoms with Crippen LogP contribution in [-0.2, 0) is 6.54 Å². The number of ether oxygens (including phenoxy) is 1. The number of aromatic carboxylic acids is 1. The zero-order valence-corrected chi connectivity index (χ0v) is 12.7. The first-order chi connectivity index (χ1) is 10.0. The van der Waals surface area contributed by atoms with E-state index in [0.29, 0.717) is 28.0 Å². The summed E-state index contributed by atoms with van der Waals surface area (Å²) >= 11 is 11.8. The van der Waals surface area contributed by atoms with E-state index < -0.39 is 5.97 Å². The first-order valence-corrected chi connectivity index (χ1v) is 6.86. The molecule has 0 radical (unpaired) electrons. The SMILES string of the molecule is COc1ccc(C(=O)O)cc1NCc1ccc(Cl)c(Cl)c1. The van der Waals surface area contributed by atoms with E-state index in [9.17, 15) is 4.79 Å². The molecule has 2 N–H and O–H groups in total. The highest BCUT2D eigenvalue weighted by atomic mass is 35.5. The monoisotopic (exact) mass is 325 g/mol. The number of benzene rings is 2. The van der Waals surface area contributed by atoms with Crippen molar-refractivity contribution in [2.45, 2.75) is 6.54 Å². The Labute approximate surface area is 132 Å². The van der Waals surface area contributed by atoms with Crippen molar-refractivity contribution >= 4 is 34.9 Å². The van der Waals surface area contributed by atoms with Gasteiger partial charge in [0.05, 0.1) is 28.4 Å². The fraction of sp³-hybridized carbons (Fsp3) is 0.133. The number of carboxylic acids is 1. The maximum atomic E-state index is 11.0. The largest absolute Gasteiger partial charge is 0.495 e. The van der Waals surface area contributed by atoms with Crippen LogP contribution in [0.5, 0.6) is 5.75 Å². The van der Waals surface area contributed by atoms with E-state index in [2.05, 4.69) is 5.32 Å².